The molecule has 0 radical (unpaired) electrons. The van der Waals surface area contributed by atoms with Gasteiger partial charge in [0, 0.05) is 18.5 Å². The van der Waals surface area contributed by atoms with E-state index in [1.165, 1.54) is 17.8 Å². The van der Waals surface area contributed by atoms with Crippen molar-refractivity contribution in [3.63, 3.8) is 0 Å². The van der Waals surface area contributed by atoms with Crippen LogP contribution in [0.2, 0.25) is 0 Å². The van der Waals surface area contributed by atoms with Gasteiger partial charge < -0.3 is 10.1 Å². The van der Waals surface area contributed by atoms with Crippen LogP contribution in [-0.4, -0.2) is 18.1 Å². The second-order valence-corrected chi connectivity index (χ2v) is 6.39. The lowest BCUT2D eigenvalue weighted by molar-refractivity contribution is -0.0777. The fourth-order valence-corrected chi connectivity index (χ4v) is 3.81. The lowest BCUT2D eigenvalue weighted by atomic mass is 9.79. The predicted molar refractivity (Wildman–Crippen MR) is 80.4 cm³/mol. The third kappa shape index (κ3) is 3.56. The monoisotopic (exact) mass is 282 g/mol. The minimum atomic E-state index is -0.101. The Morgan fingerprint density at radius 2 is 2.16 bits per heavy atom. The maximum Gasteiger partial charge on any atom is 0.125 e. The van der Waals surface area contributed by atoms with Crippen molar-refractivity contribution in [3.05, 3.63) is 16.1 Å². The van der Waals surface area contributed by atoms with Crippen LogP contribution in [0.25, 0.3) is 0 Å². The summed E-state index contributed by atoms with van der Waals surface area (Å²) in [6.07, 6.45) is 4.75. The first-order valence-electron chi connectivity index (χ1n) is 7.49. The molecule has 2 rings (SSSR count). The first-order valence-corrected chi connectivity index (χ1v) is 8.37. The normalized spacial score (nSPS) is 27.6. The predicted octanol–water partition coefficient (Wildman–Crippen LogP) is 3.69. The molecule has 0 unspecified atom stereocenters. The SMILES string of the molecule is CCNCc1csc(C2(OCC)CCC(C)CC2)n1. The molecule has 1 aliphatic carbocycles. The van der Waals surface area contributed by atoms with Gasteiger partial charge >= 0.3 is 0 Å². The van der Waals surface area contributed by atoms with Crippen LogP contribution < -0.4 is 5.32 Å². The summed E-state index contributed by atoms with van der Waals surface area (Å²) in [5.74, 6) is 0.828. The summed E-state index contributed by atoms with van der Waals surface area (Å²) < 4.78 is 6.15. The van der Waals surface area contributed by atoms with Gasteiger partial charge in [-0.2, -0.15) is 0 Å². The molecular formula is C15H26N2OS. The molecule has 1 fully saturated rings. The molecule has 0 aromatic carbocycles. The molecule has 1 N–H and O–H groups in total. The van der Waals surface area contributed by atoms with E-state index >= 15 is 0 Å². The smallest absolute Gasteiger partial charge is 0.125 e. The number of aromatic nitrogens is 1. The van der Waals surface area contributed by atoms with Crippen molar-refractivity contribution >= 4 is 11.3 Å². The second-order valence-electron chi connectivity index (χ2n) is 5.53. The zero-order chi connectivity index (χ0) is 13.7. The summed E-state index contributed by atoms with van der Waals surface area (Å²) in [5, 5.41) is 6.70. The summed E-state index contributed by atoms with van der Waals surface area (Å²) in [6.45, 7) is 9.18. The van der Waals surface area contributed by atoms with Gasteiger partial charge in [-0.15, -0.1) is 11.3 Å². The van der Waals surface area contributed by atoms with Crippen LogP contribution in [0.15, 0.2) is 5.38 Å². The first-order chi connectivity index (χ1) is 9.20. The summed E-state index contributed by atoms with van der Waals surface area (Å²) >= 11 is 1.77. The molecule has 1 aromatic rings. The van der Waals surface area contributed by atoms with E-state index in [9.17, 15) is 0 Å². The highest BCUT2D eigenvalue weighted by molar-refractivity contribution is 7.09. The molecule has 0 amide bonds. The fourth-order valence-electron chi connectivity index (χ4n) is 2.78. The van der Waals surface area contributed by atoms with Crippen molar-refractivity contribution in [3.8, 4) is 0 Å². The Morgan fingerprint density at radius 3 is 2.79 bits per heavy atom. The van der Waals surface area contributed by atoms with Crippen LogP contribution >= 0.6 is 11.3 Å². The van der Waals surface area contributed by atoms with Gasteiger partial charge in [-0.1, -0.05) is 13.8 Å². The van der Waals surface area contributed by atoms with Crippen molar-refractivity contribution < 1.29 is 4.74 Å². The molecule has 0 atom stereocenters. The lowest BCUT2D eigenvalue weighted by Gasteiger charge is -2.37. The number of nitrogens with zero attached hydrogens (tertiary/aromatic N) is 1. The summed E-state index contributed by atoms with van der Waals surface area (Å²) in [5.41, 5.74) is 1.05. The van der Waals surface area contributed by atoms with E-state index in [1.54, 1.807) is 11.3 Å². The van der Waals surface area contributed by atoms with Crippen LogP contribution in [0.4, 0.5) is 0 Å². The van der Waals surface area contributed by atoms with Crippen molar-refractivity contribution in [2.45, 2.75) is 58.6 Å². The van der Waals surface area contributed by atoms with Gasteiger partial charge in [0.25, 0.3) is 0 Å². The Balaban J connectivity index is 2.12. The Bertz CT molecular complexity index is 383. The third-order valence-corrected chi connectivity index (χ3v) is 5.08. The van der Waals surface area contributed by atoms with Crippen LogP contribution in [-0.2, 0) is 16.9 Å². The van der Waals surface area contributed by atoms with Gasteiger partial charge in [0.05, 0.1) is 5.69 Å². The average Bonchev–Trinajstić information content (AvgIpc) is 2.89. The highest BCUT2D eigenvalue weighted by Gasteiger charge is 2.39. The maximum absolute atomic E-state index is 6.15. The molecule has 1 aromatic heterocycles. The Hall–Kier alpha value is -0.450. The van der Waals surface area contributed by atoms with E-state index in [4.69, 9.17) is 9.72 Å². The van der Waals surface area contributed by atoms with E-state index in [0.717, 1.165) is 44.1 Å². The van der Waals surface area contributed by atoms with Crippen LogP contribution in [0.3, 0.4) is 0 Å². The largest absolute Gasteiger partial charge is 0.368 e. The molecule has 1 heterocycles. The molecule has 19 heavy (non-hydrogen) atoms. The van der Waals surface area contributed by atoms with Crippen LogP contribution in [0.5, 0.6) is 0 Å². The minimum Gasteiger partial charge on any atom is -0.368 e. The Morgan fingerprint density at radius 1 is 1.42 bits per heavy atom. The van der Waals surface area contributed by atoms with Gasteiger partial charge in [0.2, 0.25) is 0 Å². The summed E-state index contributed by atoms with van der Waals surface area (Å²) in [7, 11) is 0. The first kappa shape index (κ1) is 14.9. The van der Waals surface area contributed by atoms with E-state index in [-0.39, 0.29) is 5.60 Å². The molecular weight excluding hydrogens is 256 g/mol. The van der Waals surface area contributed by atoms with Crippen molar-refractivity contribution in [1.82, 2.24) is 10.3 Å². The number of rotatable bonds is 6. The van der Waals surface area contributed by atoms with E-state index in [0.29, 0.717) is 0 Å². The molecule has 3 nitrogen and oxygen atoms in total. The Kier molecular flexibility index (Phi) is 5.37. The van der Waals surface area contributed by atoms with Crippen molar-refractivity contribution in [2.75, 3.05) is 13.2 Å². The lowest BCUT2D eigenvalue weighted by Crippen LogP contribution is -2.34. The maximum atomic E-state index is 6.15. The second kappa shape index (κ2) is 6.82. The molecule has 0 saturated heterocycles. The Labute approximate surface area is 120 Å². The van der Waals surface area contributed by atoms with Gasteiger partial charge in [-0.3, -0.25) is 0 Å². The molecule has 0 spiro atoms. The quantitative estimate of drug-likeness (QED) is 0.864. The van der Waals surface area contributed by atoms with Gasteiger partial charge in [0.15, 0.2) is 0 Å². The van der Waals surface area contributed by atoms with Crippen molar-refractivity contribution in [2.24, 2.45) is 5.92 Å². The number of thiazole rings is 1. The van der Waals surface area contributed by atoms with Crippen molar-refractivity contribution in [1.29, 1.82) is 0 Å². The zero-order valence-corrected chi connectivity index (χ0v) is 13.2. The van der Waals surface area contributed by atoms with E-state index in [1.807, 2.05) is 0 Å². The number of ether oxygens (including phenoxy) is 1. The van der Waals surface area contributed by atoms with E-state index in [2.05, 4.69) is 31.5 Å². The highest BCUT2D eigenvalue weighted by atomic mass is 32.1. The number of hydrogen-bond donors (Lipinski definition) is 1. The molecule has 0 aliphatic heterocycles. The van der Waals surface area contributed by atoms with Crippen LogP contribution in [0, 0.1) is 5.92 Å². The fraction of sp³-hybridized carbons (Fsp3) is 0.800. The van der Waals surface area contributed by atoms with Gasteiger partial charge in [0.1, 0.15) is 10.6 Å². The third-order valence-electron chi connectivity index (χ3n) is 4.00. The summed E-state index contributed by atoms with van der Waals surface area (Å²) in [6, 6.07) is 0. The molecule has 1 aliphatic rings. The van der Waals surface area contributed by atoms with Crippen LogP contribution in [0.1, 0.15) is 57.2 Å². The standard InChI is InChI=1S/C15H26N2OS/c1-4-16-10-13-11-19-14(17-13)15(18-5-2)8-6-12(3)7-9-15/h11-12,16H,4-10H2,1-3H3. The molecule has 4 heteroatoms. The topological polar surface area (TPSA) is 34.1 Å². The molecule has 0 bridgehead atoms. The number of hydrogen-bond acceptors (Lipinski definition) is 4. The summed E-state index contributed by atoms with van der Waals surface area (Å²) in [4.78, 5) is 4.82. The average molecular weight is 282 g/mol. The van der Waals surface area contributed by atoms with E-state index < -0.39 is 0 Å². The zero-order valence-electron chi connectivity index (χ0n) is 12.4. The minimum absolute atomic E-state index is 0.101. The number of nitrogens with one attached hydrogen (secondary N) is 1. The highest BCUT2D eigenvalue weighted by Crippen LogP contribution is 2.43. The van der Waals surface area contributed by atoms with Gasteiger partial charge in [-0.05, 0) is 45.1 Å². The molecule has 108 valence electrons. The molecule has 1 saturated carbocycles. The van der Waals surface area contributed by atoms with Gasteiger partial charge in [-0.25, -0.2) is 4.98 Å².